The smallest absolute Gasteiger partial charge is 0.337 e. The van der Waals surface area contributed by atoms with Gasteiger partial charge in [0, 0.05) is 18.0 Å². The van der Waals surface area contributed by atoms with E-state index in [9.17, 15) is 9.59 Å². The molecule has 0 aliphatic rings. The Hall–Kier alpha value is -2.68. The second-order valence-electron chi connectivity index (χ2n) is 4.29. The lowest BCUT2D eigenvalue weighted by molar-refractivity contribution is 0.0698. The molecular weight excluding hydrogens is 306 g/mol. The van der Waals surface area contributed by atoms with Crippen molar-refractivity contribution in [3.05, 3.63) is 40.2 Å². The Morgan fingerprint density at radius 3 is 2.77 bits per heavy atom. The average molecular weight is 321 g/mol. The highest BCUT2D eigenvalue weighted by Gasteiger charge is 2.10. The maximum Gasteiger partial charge on any atom is 0.337 e. The van der Waals surface area contributed by atoms with Gasteiger partial charge < -0.3 is 21.9 Å². The normalized spacial score (nSPS) is 10.4. The maximum absolute atomic E-state index is 11.7. The standard InChI is InChI=1S/C13H15N5O3S/c14-10-9(11(19)18-13(15)17-10)22-6-5-16-8-4-2-1-3-7(8)12(20)21/h1-4,16H,5-6H2,(H,20,21)(H5,14,15,17,18,19). The maximum atomic E-state index is 11.7. The first kappa shape index (κ1) is 15.7. The molecule has 116 valence electrons. The first-order valence-corrected chi connectivity index (χ1v) is 7.32. The molecule has 2 rings (SSSR count). The molecule has 0 unspecified atom stereocenters. The summed E-state index contributed by atoms with van der Waals surface area (Å²) in [7, 11) is 0. The van der Waals surface area contributed by atoms with Gasteiger partial charge in [-0.25, -0.2) is 4.79 Å². The molecule has 1 aromatic heterocycles. The van der Waals surface area contributed by atoms with Gasteiger partial charge in [0.05, 0.1) is 5.56 Å². The Balaban J connectivity index is 1.96. The predicted octanol–water partition coefficient (Wildman–Crippen LogP) is 0.837. The number of thioether (sulfide) groups is 1. The minimum Gasteiger partial charge on any atom is -0.478 e. The Morgan fingerprint density at radius 2 is 2.09 bits per heavy atom. The van der Waals surface area contributed by atoms with Gasteiger partial charge in [-0.05, 0) is 12.1 Å². The molecule has 0 spiro atoms. The van der Waals surface area contributed by atoms with E-state index in [-0.39, 0.29) is 22.9 Å². The van der Waals surface area contributed by atoms with Crippen LogP contribution in [0.3, 0.4) is 0 Å². The van der Waals surface area contributed by atoms with Gasteiger partial charge in [-0.3, -0.25) is 9.78 Å². The fourth-order valence-electron chi connectivity index (χ4n) is 1.80. The van der Waals surface area contributed by atoms with Crippen molar-refractivity contribution in [2.45, 2.75) is 4.90 Å². The van der Waals surface area contributed by atoms with Gasteiger partial charge in [-0.15, -0.1) is 11.8 Å². The number of carboxylic acids is 1. The van der Waals surface area contributed by atoms with Crippen LogP contribution in [-0.4, -0.2) is 33.3 Å². The summed E-state index contributed by atoms with van der Waals surface area (Å²) in [5.41, 5.74) is 11.4. The molecule has 1 aromatic carbocycles. The monoisotopic (exact) mass is 321 g/mol. The molecule has 0 fully saturated rings. The molecule has 1 heterocycles. The molecule has 0 amide bonds. The van der Waals surface area contributed by atoms with Crippen LogP contribution in [0.5, 0.6) is 0 Å². The summed E-state index contributed by atoms with van der Waals surface area (Å²) in [6.07, 6.45) is 0. The van der Waals surface area contributed by atoms with Gasteiger partial charge in [0.1, 0.15) is 10.7 Å². The van der Waals surface area contributed by atoms with Gasteiger partial charge in [0.2, 0.25) is 5.95 Å². The highest BCUT2D eigenvalue weighted by Crippen LogP contribution is 2.20. The van der Waals surface area contributed by atoms with E-state index in [1.165, 1.54) is 17.8 Å². The number of H-pyrrole nitrogens is 1. The Bertz CT molecular complexity index is 747. The molecule has 0 bridgehead atoms. The fourth-order valence-corrected chi connectivity index (χ4v) is 2.58. The van der Waals surface area contributed by atoms with Crippen LogP contribution in [0, 0.1) is 0 Å². The number of benzene rings is 1. The number of aromatic amines is 1. The first-order valence-electron chi connectivity index (χ1n) is 6.33. The van der Waals surface area contributed by atoms with Crippen molar-refractivity contribution >= 4 is 35.2 Å². The van der Waals surface area contributed by atoms with Gasteiger partial charge in [-0.1, -0.05) is 12.1 Å². The first-order chi connectivity index (χ1) is 10.5. The van der Waals surface area contributed by atoms with E-state index in [0.29, 0.717) is 22.9 Å². The predicted molar refractivity (Wildman–Crippen MR) is 86.3 cm³/mol. The molecule has 2 aromatic rings. The number of nitrogens with one attached hydrogen (secondary N) is 2. The van der Waals surface area contributed by atoms with Crippen LogP contribution in [0.2, 0.25) is 0 Å². The van der Waals surface area contributed by atoms with E-state index >= 15 is 0 Å². The van der Waals surface area contributed by atoms with E-state index in [4.69, 9.17) is 16.6 Å². The molecule has 0 aliphatic carbocycles. The van der Waals surface area contributed by atoms with E-state index in [1.807, 2.05) is 0 Å². The van der Waals surface area contributed by atoms with Crippen molar-refractivity contribution in [2.75, 3.05) is 29.1 Å². The lowest BCUT2D eigenvalue weighted by Crippen LogP contribution is -2.17. The fraction of sp³-hybridized carbons (Fsp3) is 0.154. The van der Waals surface area contributed by atoms with Crippen LogP contribution in [0.1, 0.15) is 10.4 Å². The number of nitrogens with two attached hydrogens (primary N) is 2. The van der Waals surface area contributed by atoms with Crippen molar-refractivity contribution in [1.82, 2.24) is 9.97 Å². The summed E-state index contributed by atoms with van der Waals surface area (Å²) in [6, 6.07) is 6.60. The third-order valence-corrected chi connectivity index (χ3v) is 3.83. The molecule has 0 atom stereocenters. The van der Waals surface area contributed by atoms with E-state index in [0.717, 1.165) is 0 Å². The van der Waals surface area contributed by atoms with Gasteiger partial charge in [0.15, 0.2) is 0 Å². The SMILES string of the molecule is Nc1nc(N)c(SCCNc2ccccc2C(=O)O)c(=O)[nH]1. The van der Waals surface area contributed by atoms with Crippen LogP contribution in [0.15, 0.2) is 34.0 Å². The zero-order chi connectivity index (χ0) is 16.1. The number of hydrogen-bond acceptors (Lipinski definition) is 7. The lowest BCUT2D eigenvalue weighted by Gasteiger charge is -2.09. The molecular formula is C13H15N5O3S. The second-order valence-corrected chi connectivity index (χ2v) is 5.40. The highest BCUT2D eigenvalue weighted by atomic mass is 32.2. The number of para-hydroxylation sites is 1. The number of anilines is 3. The number of carboxylic acid groups (broad SMARTS) is 1. The minimum absolute atomic E-state index is 0.0274. The molecule has 0 aliphatic heterocycles. The molecule has 0 radical (unpaired) electrons. The Morgan fingerprint density at radius 1 is 1.36 bits per heavy atom. The van der Waals surface area contributed by atoms with Gasteiger partial charge in [0.25, 0.3) is 5.56 Å². The topological polar surface area (TPSA) is 147 Å². The van der Waals surface area contributed by atoms with Crippen molar-refractivity contribution in [2.24, 2.45) is 0 Å². The summed E-state index contributed by atoms with van der Waals surface area (Å²) in [6.45, 7) is 0.457. The van der Waals surface area contributed by atoms with E-state index < -0.39 is 5.97 Å². The molecule has 22 heavy (non-hydrogen) atoms. The molecule has 7 N–H and O–H groups in total. The van der Waals surface area contributed by atoms with Crippen LogP contribution in [0.4, 0.5) is 17.5 Å². The Labute approximate surface area is 129 Å². The number of carbonyl (C=O) groups is 1. The minimum atomic E-state index is -1.00. The van der Waals surface area contributed by atoms with Crippen molar-refractivity contribution in [1.29, 1.82) is 0 Å². The lowest BCUT2D eigenvalue weighted by atomic mass is 10.2. The summed E-state index contributed by atoms with van der Waals surface area (Å²) >= 11 is 1.22. The highest BCUT2D eigenvalue weighted by molar-refractivity contribution is 7.99. The number of hydrogen-bond donors (Lipinski definition) is 5. The van der Waals surface area contributed by atoms with Gasteiger partial charge >= 0.3 is 5.97 Å². The summed E-state index contributed by atoms with van der Waals surface area (Å²) in [5.74, 6) is -0.441. The van der Waals surface area contributed by atoms with E-state index in [1.54, 1.807) is 18.2 Å². The molecule has 0 saturated heterocycles. The Kier molecular flexibility index (Phi) is 4.89. The number of nitrogens with zero attached hydrogens (tertiary/aromatic N) is 1. The molecule has 9 heteroatoms. The van der Waals surface area contributed by atoms with Crippen molar-refractivity contribution in [3.63, 3.8) is 0 Å². The number of aromatic nitrogens is 2. The third-order valence-electron chi connectivity index (χ3n) is 2.74. The zero-order valence-electron chi connectivity index (χ0n) is 11.5. The average Bonchev–Trinajstić information content (AvgIpc) is 2.45. The van der Waals surface area contributed by atoms with Crippen LogP contribution in [0.25, 0.3) is 0 Å². The van der Waals surface area contributed by atoms with E-state index in [2.05, 4.69) is 15.3 Å². The molecule has 0 saturated carbocycles. The van der Waals surface area contributed by atoms with Crippen LogP contribution < -0.4 is 22.3 Å². The zero-order valence-corrected chi connectivity index (χ0v) is 12.3. The van der Waals surface area contributed by atoms with Crippen LogP contribution >= 0.6 is 11.8 Å². The van der Waals surface area contributed by atoms with Crippen molar-refractivity contribution < 1.29 is 9.90 Å². The third kappa shape index (κ3) is 3.70. The largest absolute Gasteiger partial charge is 0.478 e. The second kappa shape index (κ2) is 6.85. The summed E-state index contributed by atoms with van der Waals surface area (Å²) < 4.78 is 0. The van der Waals surface area contributed by atoms with Crippen LogP contribution in [-0.2, 0) is 0 Å². The van der Waals surface area contributed by atoms with Gasteiger partial charge in [-0.2, -0.15) is 4.98 Å². The quantitative estimate of drug-likeness (QED) is 0.388. The van der Waals surface area contributed by atoms with Crippen molar-refractivity contribution in [3.8, 4) is 0 Å². The molecule has 8 nitrogen and oxygen atoms in total. The number of rotatable bonds is 6. The summed E-state index contributed by atoms with van der Waals surface area (Å²) in [4.78, 5) is 29.2. The summed E-state index contributed by atoms with van der Waals surface area (Å²) in [5, 5.41) is 12.1. The number of aromatic carboxylic acids is 1. The number of nitrogen functional groups attached to an aromatic ring is 2.